The SMILES string of the molecule is CC1CC(C)CN(C(=O)c2ccc(C(N)=O)nc2)C1. The van der Waals surface area contributed by atoms with Crippen LogP contribution in [0.2, 0.25) is 0 Å². The van der Waals surface area contributed by atoms with Crippen molar-refractivity contribution in [2.75, 3.05) is 13.1 Å². The molecular weight excluding hydrogens is 242 g/mol. The maximum atomic E-state index is 12.3. The monoisotopic (exact) mass is 261 g/mol. The first-order valence-corrected chi connectivity index (χ1v) is 6.52. The molecule has 1 aliphatic rings. The van der Waals surface area contributed by atoms with Crippen LogP contribution >= 0.6 is 0 Å². The number of hydrogen-bond donors (Lipinski definition) is 1. The molecule has 0 aliphatic carbocycles. The molecule has 1 aromatic heterocycles. The fourth-order valence-electron chi connectivity index (χ4n) is 2.68. The number of piperidine rings is 1. The van der Waals surface area contributed by atoms with E-state index >= 15 is 0 Å². The van der Waals surface area contributed by atoms with Gasteiger partial charge in [0.1, 0.15) is 5.69 Å². The number of nitrogens with two attached hydrogens (primary N) is 1. The van der Waals surface area contributed by atoms with Crippen molar-refractivity contribution in [3.05, 3.63) is 29.6 Å². The molecular formula is C14H19N3O2. The van der Waals surface area contributed by atoms with Crippen LogP contribution in [0.4, 0.5) is 0 Å². The molecule has 5 heteroatoms. The lowest BCUT2D eigenvalue weighted by molar-refractivity contribution is 0.0622. The van der Waals surface area contributed by atoms with E-state index in [1.807, 2.05) is 4.90 Å². The molecule has 102 valence electrons. The zero-order valence-corrected chi connectivity index (χ0v) is 11.3. The Morgan fingerprint density at radius 1 is 1.26 bits per heavy atom. The van der Waals surface area contributed by atoms with Crippen LogP contribution in [0, 0.1) is 11.8 Å². The molecule has 2 amide bonds. The molecule has 2 heterocycles. The van der Waals surface area contributed by atoms with Gasteiger partial charge in [0.15, 0.2) is 0 Å². The fraction of sp³-hybridized carbons (Fsp3) is 0.500. The topological polar surface area (TPSA) is 76.3 Å². The molecule has 2 rings (SSSR count). The van der Waals surface area contributed by atoms with Crippen LogP contribution in [-0.4, -0.2) is 34.8 Å². The number of aromatic nitrogens is 1. The Kier molecular flexibility index (Phi) is 3.83. The number of primary amides is 1. The number of carbonyl (C=O) groups excluding carboxylic acids is 2. The van der Waals surface area contributed by atoms with Crippen molar-refractivity contribution in [3.63, 3.8) is 0 Å². The molecule has 2 N–H and O–H groups in total. The van der Waals surface area contributed by atoms with Crippen molar-refractivity contribution >= 4 is 11.8 Å². The summed E-state index contributed by atoms with van der Waals surface area (Å²) in [5.74, 6) is 0.428. The summed E-state index contributed by atoms with van der Waals surface area (Å²) in [7, 11) is 0. The zero-order valence-electron chi connectivity index (χ0n) is 11.3. The maximum absolute atomic E-state index is 12.3. The van der Waals surface area contributed by atoms with E-state index in [9.17, 15) is 9.59 Å². The summed E-state index contributed by atoms with van der Waals surface area (Å²) in [5.41, 5.74) is 5.81. The summed E-state index contributed by atoms with van der Waals surface area (Å²) in [5, 5.41) is 0. The second-order valence-electron chi connectivity index (χ2n) is 5.45. The number of rotatable bonds is 2. The average Bonchev–Trinajstić information content (AvgIpc) is 2.37. The molecule has 5 nitrogen and oxygen atoms in total. The van der Waals surface area contributed by atoms with E-state index in [1.54, 1.807) is 6.07 Å². The van der Waals surface area contributed by atoms with Crippen molar-refractivity contribution < 1.29 is 9.59 Å². The Bertz CT molecular complexity index is 474. The summed E-state index contributed by atoms with van der Waals surface area (Å²) in [6.45, 7) is 5.87. The van der Waals surface area contributed by atoms with Gasteiger partial charge in [0.2, 0.25) is 0 Å². The second kappa shape index (κ2) is 5.38. The summed E-state index contributed by atoms with van der Waals surface area (Å²) in [4.78, 5) is 29.0. The van der Waals surface area contributed by atoms with Gasteiger partial charge in [-0.3, -0.25) is 14.6 Å². The van der Waals surface area contributed by atoms with Gasteiger partial charge in [0.25, 0.3) is 11.8 Å². The minimum Gasteiger partial charge on any atom is -0.364 e. The lowest BCUT2D eigenvalue weighted by Gasteiger charge is -2.35. The fourth-order valence-corrected chi connectivity index (χ4v) is 2.68. The standard InChI is InChI=1S/C14H19N3O2/c1-9-5-10(2)8-17(7-9)14(19)11-3-4-12(13(15)18)16-6-11/h3-4,6,9-10H,5,7-8H2,1-2H3,(H2,15,18). The van der Waals surface area contributed by atoms with E-state index in [-0.39, 0.29) is 11.6 Å². The first kappa shape index (κ1) is 13.5. The highest BCUT2D eigenvalue weighted by Gasteiger charge is 2.26. The lowest BCUT2D eigenvalue weighted by Crippen LogP contribution is -2.42. The van der Waals surface area contributed by atoms with Crippen LogP contribution in [0.15, 0.2) is 18.3 Å². The molecule has 1 aliphatic heterocycles. The molecule has 0 saturated carbocycles. The molecule has 0 spiro atoms. The van der Waals surface area contributed by atoms with Gasteiger partial charge in [-0.15, -0.1) is 0 Å². The van der Waals surface area contributed by atoms with Gasteiger partial charge in [-0.1, -0.05) is 13.8 Å². The Morgan fingerprint density at radius 2 is 1.89 bits per heavy atom. The van der Waals surface area contributed by atoms with Gasteiger partial charge in [-0.05, 0) is 30.4 Å². The molecule has 1 fully saturated rings. The van der Waals surface area contributed by atoms with E-state index in [4.69, 9.17) is 5.73 Å². The molecule has 0 aromatic carbocycles. The van der Waals surface area contributed by atoms with Gasteiger partial charge in [-0.25, -0.2) is 0 Å². The van der Waals surface area contributed by atoms with Gasteiger partial charge >= 0.3 is 0 Å². The van der Waals surface area contributed by atoms with Crippen LogP contribution in [0.25, 0.3) is 0 Å². The Balaban J connectivity index is 2.12. The lowest BCUT2D eigenvalue weighted by atomic mass is 9.91. The third-order valence-electron chi connectivity index (χ3n) is 3.42. The van der Waals surface area contributed by atoms with Crippen LogP contribution < -0.4 is 5.73 Å². The van der Waals surface area contributed by atoms with Gasteiger partial charge in [0, 0.05) is 19.3 Å². The maximum Gasteiger partial charge on any atom is 0.267 e. The third kappa shape index (κ3) is 3.10. The summed E-state index contributed by atoms with van der Waals surface area (Å²) < 4.78 is 0. The van der Waals surface area contributed by atoms with Crippen molar-refractivity contribution in [2.45, 2.75) is 20.3 Å². The normalized spacial score (nSPS) is 23.2. The molecule has 2 unspecified atom stereocenters. The van der Waals surface area contributed by atoms with Gasteiger partial charge in [-0.2, -0.15) is 0 Å². The van der Waals surface area contributed by atoms with Crippen LogP contribution in [0.3, 0.4) is 0 Å². The van der Waals surface area contributed by atoms with E-state index in [1.165, 1.54) is 12.3 Å². The molecule has 2 atom stereocenters. The first-order chi connectivity index (χ1) is 8.97. The highest BCUT2D eigenvalue weighted by atomic mass is 16.2. The average molecular weight is 261 g/mol. The number of carbonyl (C=O) groups is 2. The van der Waals surface area contributed by atoms with E-state index in [2.05, 4.69) is 18.8 Å². The molecule has 1 aromatic rings. The Labute approximate surface area is 112 Å². The third-order valence-corrected chi connectivity index (χ3v) is 3.42. The second-order valence-corrected chi connectivity index (χ2v) is 5.45. The smallest absolute Gasteiger partial charge is 0.267 e. The predicted molar refractivity (Wildman–Crippen MR) is 71.6 cm³/mol. The number of hydrogen-bond acceptors (Lipinski definition) is 3. The van der Waals surface area contributed by atoms with Crippen LogP contribution in [0.5, 0.6) is 0 Å². The number of likely N-dealkylation sites (tertiary alicyclic amines) is 1. The van der Waals surface area contributed by atoms with E-state index in [0.717, 1.165) is 19.5 Å². The Morgan fingerprint density at radius 3 is 2.37 bits per heavy atom. The number of nitrogens with zero attached hydrogens (tertiary/aromatic N) is 2. The van der Waals surface area contributed by atoms with Gasteiger partial charge in [0.05, 0.1) is 5.56 Å². The quantitative estimate of drug-likeness (QED) is 0.871. The van der Waals surface area contributed by atoms with Crippen molar-refractivity contribution in [1.29, 1.82) is 0 Å². The highest BCUT2D eigenvalue weighted by Crippen LogP contribution is 2.22. The molecule has 19 heavy (non-hydrogen) atoms. The molecule has 0 bridgehead atoms. The van der Waals surface area contributed by atoms with Crippen LogP contribution in [0.1, 0.15) is 41.1 Å². The van der Waals surface area contributed by atoms with Crippen LogP contribution in [-0.2, 0) is 0 Å². The Hall–Kier alpha value is -1.91. The van der Waals surface area contributed by atoms with Crippen molar-refractivity contribution in [1.82, 2.24) is 9.88 Å². The zero-order chi connectivity index (χ0) is 14.0. The number of amides is 2. The predicted octanol–water partition coefficient (Wildman–Crippen LogP) is 1.30. The van der Waals surface area contributed by atoms with Crippen molar-refractivity contribution in [2.24, 2.45) is 17.6 Å². The summed E-state index contributed by atoms with van der Waals surface area (Å²) in [6, 6.07) is 3.10. The largest absolute Gasteiger partial charge is 0.364 e. The highest BCUT2D eigenvalue weighted by molar-refractivity contribution is 5.95. The number of pyridine rings is 1. The molecule has 1 saturated heterocycles. The summed E-state index contributed by atoms with van der Waals surface area (Å²) in [6.07, 6.45) is 2.58. The van der Waals surface area contributed by atoms with E-state index in [0.29, 0.717) is 17.4 Å². The van der Waals surface area contributed by atoms with Crippen molar-refractivity contribution in [3.8, 4) is 0 Å². The van der Waals surface area contributed by atoms with E-state index < -0.39 is 5.91 Å². The minimum absolute atomic E-state index is 0.0260. The van der Waals surface area contributed by atoms with Gasteiger partial charge < -0.3 is 10.6 Å². The first-order valence-electron chi connectivity index (χ1n) is 6.52. The summed E-state index contributed by atoms with van der Waals surface area (Å²) >= 11 is 0. The molecule has 0 radical (unpaired) electrons. The minimum atomic E-state index is -0.584.